The van der Waals surface area contributed by atoms with Crippen molar-refractivity contribution in [3.05, 3.63) is 36.0 Å². The fourth-order valence-corrected chi connectivity index (χ4v) is 3.15. The van der Waals surface area contributed by atoms with Gasteiger partial charge in [0.25, 0.3) is 5.91 Å². The number of nitrogens with two attached hydrogens (primary N) is 1. The molecule has 1 aromatic heterocycles. The minimum Gasteiger partial charge on any atom is -0.455 e. The van der Waals surface area contributed by atoms with Crippen molar-refractivity contribution in [3.63, 3.8) is 0 Å². The number of nitrogens with one attached hydrogen (secondary N) is 1. The highest BCUT2D eigenvalue weighted by molar-refractivity contribution is 5.88. The van der Waals surface area contributed by atoms with Crippen LogP contribution in [0.5, 0.6) is 0 Å². The van der Waals surface area contributed by atoms with Gasteiger partial charge in [-0.3, -0.25) is 14.4 Å². The first kappa shape index (κ1) is 17.0. The maximum atomic E-state index is 12.2. The minimum absolute atomic E-state index is 0.0984. The first-order valence-electron chi connectivity index (χ1n) is 8.32. The topological polar surface area (TPSA) is 105 Å². The molecule has 1 atom stereocenters. The van der Waals surface area contributed by atoms with Gasteiger partial charge in [0.05, 0.1) is 12.3 Å². The number of piperidine rings is 1. The summed E-state index contributed by atoms with van der Waals surface area (Å²) in [7, 11) is 0. The van der Waals surface area contributed by atoms with Crippen LogP contribution in [0.2, 0.25) is 0 Å². The Hall–Kier alpha value is -2.83. The van der Waals surface area contributed by atoms with E-state index in [9.17, 15) is 14.4 Å². The van der Waals surface area contributed by atoms with Gasteiger partial charge >= 0.3 is 5.97 Å². The lowest BCUT2D eigenvalue weighted by atomic mass is 9.97. The molecule has 0 aliphatic carbocycles. The number of aromatic nitrogens is 1. The average Bonchev–Trinajstić information content (AvgIpc) is 3.03. The number of primary amides is 1. The largest absolute Gasteiger partial charge is 0.455 e. The van der Waals surface area contributed by atoms with Crippen LogP contribution in [-0.2, 0) is 25.5 Å². The Bertz CT molecular complexity index is 798. The Labute approximate surface area is 145 Å². The van der Waals surface area contributed by atoms with Crippen molar-refractivity contribution in [2.45, 2.75) is 19.3 Å². The van der Waals surface area contributed by atoms with E-state index >= 15 is 0 Å². The summed E-state index contributed by atoms with van der Waals surface area (Å²) in [6.45, 7) is 0.545. The van der Waals surface area contributed by atoms with E-state index in [-0.39, 0.29) is 24.9 Å². The van der Waals surface area contributed by atoms with Crippen molar-refractivity contribution in [1.29, 1.82) is 0 Å². The van der Waals surface area contributed by atoms with E-state index < -0.39 is 11.9 Å². The highest BCUT2D eigenvalue weighted by Gasteiger charge is 2.27. The average molecular weight is 343 g/mol. The second kappa shape index (κ2) is 7.38. The lowest BCUT2D eigenvalue weighted by Crippen LogP contribution is -2.45. The number of H-pyrrole nitrogens is 1. The highest BCUT2D eigenvalue weighted by atomic mass is 16.5. The minimum atomic E-state index is -0.457. The van der Waals surface area contributed by atoms with Crippen LogP contribution in [0.1, 0.15) is 18.4 Å². The van der Waals surface area contributed by atoms with Gasteiger partial charge in [0.15, 0.2) is 6.61 Å². The number of hydrogen-bond acceptors (Lipinski definition) is 4. The van der Waals surface area contributed by atoms with E-state index in [2.05, 4.69) is 4.98 Å². The van der Waals surface area contributed by atoms with Crippen LogP contribution in [0.25, 0.3) is 10.9 Å². The third-order valence-electron chi connectivity index (χ3n) is 4.54. The Morgan fingerprint density at radius 2 is 2.08 bits per heavy atom. The standard InChI is InChI=1S/C18H21N3O4/c19-18(24)12-4-3-7-21(10-12)16(22)11-25-17(23)8-13-9-20-15-6-2-1-5-14(13)15/h1-2,5-6,9,12,20H,3-4,7-8,10-11H2,(H2,19,24)/t12-/m1/s1. The van der Waals surface area contributed by atoms with Crippen molar-refractivity contribution < 1.29 is 19.1 Å². The lowest BCUT2D eigenvalue weighted by Gasteiger charge is -2.31. The number of amides is 2. The van der Waals surface area contributed by atoms with Gasteiger partial charge in [-0.05, 0) is 24.5 Å². The molecule has 1 saturated heterocycles. The molecule has 7 nitrogen and oxygen atoms in total. The second-order valence-electron chi connectivity index (χ2n) is 6.28. The van der Waals surface area contributed by atoms with Crippen molar-refractivity contribution in [2.75, 3.05) is 19.7 Å². The number of nitrogens with zero attached hydrogens (tertiary/aromatic N) is 1. The fourth-order valence-electron chi connectivity index (χ4n) is 3.15. The number of esters is 1. The summed E-state index contributed by atoms with van der Waals surface area (Å²) < 4.78 is 5.11. The third kappa shape index (κ3) is 3.99. The molecule has 25 heavy (non-hydrogen) atoms. The van der Waals surface area contributed by atoms with Crippen molar-refractivity contribution in [1.82, 2.24) is 9.88 Å². The third-order valence-corrected chi connectivity index (χ3v) is 4.54. The molecule has 0 saturated carbocycles. The van der Waals surface area contributed by atoms with E-state index in [1.807, 2.05) is 24.3 Å². The number of carbonyl (C=O) groups is 3. The molecule has 1 aliphatic heterocycles. The molecule has 3 rings (SSSR count). The van der Waals surface area contributed by atoms with Crippen molar-refractivity contribution in [3.8, 4) is 0 Å². The number of aromatic amines is 1. The number of carbonyl (C=O) groups excluding carboxylic acids is 3. The molecule has 1 aromatic carbocycles. The van der Waals surface area contributed by atoms with Gasteiger partial charge in [-0.15, -0.1) is 0 Å². The van der Waals surface area contributed by atoms with E-state index in [1.165, 1.54) is 4.90 Å². The number of rotatable bonds is 5. The van der Waals surface area contributed by atoms with Gasteiger partial charge in [-0.1, -0.05) is 18.2 Å². The SMILES string of the molecule is NC(=O)[C@@H]1CCCN(C(=O)COC(=O)Cc2c[nH]c3ccccc23)C1. The predicted molar refractivity (Wildman–Crippen MR) is 91.5 cm³/mol. The predicted octanol–water partition coefficient (Wildman–Crippen LogP) is 0.978. The normalized spacial score (nSPS) is 17.4. The van der Waals surface area contributed by atoms with Crippen LogP contribution in [0, 0.1) is 5.92 Å². The molecule has 2 heterocycles. The number of likely N-dealkylation sites (tertiary alicyclic amines) is 1. The van der Waals surface area contributed by atoms with Crippen molar-refractivity contribution >= 4 is 28.7 Å². The summed E-state index contributed by atoms with van der Waals surface area (Å²) in [4.78, 5) is 40.1. The zero-order chi connectivity index (χ0) is 17.8. The summed E-state index contributed by atoms with van der Waals surface area (Å²) in [6, 6.07) is 7.67. The zero-order valence-corrected chi connectivity index (χ0v) is 13.9. The number of hydrogen-bond donors (Lipinski definition) is 2. The molecule has 7 heteroatoms. The van der Waals surface area contributed by atoms with E-state index in [0.29, 0.717) is 19.5 Å². The molecule has 0 bridgehead atoms. The Balaban J connectivity index is 1.52. The number of ether oxygens (including phenoxy) is 1. The maximum absolute atomic E-state index is 12.2. The van der Waals surface area contributed by atoms with Crippen LogP contribution in [0.15, 0.2) is 30.5 Å². The fraction of sp³-hybridized carbons (Fsp3) is 0.389. The maximum Gasteiger partial charge on any atom is 0.310 e. The van der Waals surface area contributed by atoms with Gasteiger partial charge in [0.2, 0.25) is 5.91 Å². The monoisotopic (exact) mass is 343 g/mol. The zero-order valence-electron chi connectivity index (χ0n) is 13.9. The molecule has 0 radical (unpaired) electrons. The van der Waals surface area contributed by atoms with Gasteiger partial charge in [-0.2, -0.15) is 0 Å². The smallest absolute Gasteiger partial charge is 0.310 e. The quantitative estimate of drug-likeness (QED) is 0.789. The van der Waals surface area contributed by atoms with E-state index in [0.717, 1.165) is 22.9 Å². The van der Waals surface area contributed by atoms with Gasteiger partial charge in [0.1, 0.15) is 0 Å². The molecule has 1 aliphatic rings. The Morgan fingerprint density at radius 1 is 1.28 bits per heavy atom. The summed E-state index contributed by atoms with van der Waals surface area (Å²) in [5.41, 5.74) is 7.09. The molecule has 2 amide bonds. The van der Waals surface area contributed by atoms with E-state index in [1.54, 1.807) is 6.20 Å². The van der Waals surface area contributed by atoms with Crippen LogP contribution < -0.4 is 5.73 Å². The summed E-state index contributed by atoms with van der Waals surface area (Å²) in [5, 5.41) is 0.964. The molecular formula is C18H21N3O4. The molecule has 132 valence electrons. The first-order valence-corrected chi connectivity index (χ1v) is 8.32. The molecule has 0 spiro atoms. The van der Waals surface area contributed by atoms with Crippen molar-refractivity contribution in [2.24, 2.45) is 11.7 Å². The van der Waals surface area contributed by atoms with Gasteiger partial charge in [0, 0.05) is 30.2 Å². The number of para-hydroxylation sites is 1. The summed E-state index contributed by atoms with van der Waals surface area (Å²) >= 11 is 0. The Morgan fingerprint density at radius 3 is 2.88 bits per heavy atom. The van der Waals surface area contributed by atoms with Crippen LogP contribution in [-0.4, -0.2) is 47.4 Å². The molecule has 3 N–H and O–H groups in total. The van der Waals surface area contributed by atoms with E-state index in [4.69, 9.17) is 10.5 Å². The first-order chi connectivity index (χ1) is 12.0. The number of benzene rings is 1. The molecule has 0 unspecified atom stereocenters. The highest BCUT2D eigenvalue weighted by Crippen LogP contribution is 2.19. The molecule has 2 aromatic rings. The Kier molecular flexibility index (Phi) is 5.02. The van der Waals surface area contributed by atoms with Crippen LogP contribution >= 0.6 is 0 Å². The van der Waals surface area contributed by atoms with Crippen LogP contribution in [0.4, 0.5) is 0 Å². The molecular weight excluding hydrogens is 322 g/mol. The lowest BCUT2D eigenvalue weighted by molar-refractivity contribution is -0.152. The summed E-state index contributed by atoms with van der Waals surface area (Å²) in [6.07, 6.45) is 3.29. The molecule has 1 fully saturated rings. The van der Waals surface area contributed by atoms with Gasteiger partial charge in [-0.25, -0.2) is 0 Å². The van der Waals surface area contributed by atoms with Gasteiger partial charge < -0.3 is 20.4 Å². The summed E-state index contributed by atoms with van der Waals surface area (Å²) in [5.74, 6) is -1.46. The van der Waals surface area contributed by atoms with Crippen LogP contribution in [0.3, 0.4) is 0 Å². The second-order valence-corrected chi connectivity index (χ2v) is 6.28. The number of fused-ring (bicyclic) bond motifs is 1.